The molecule has 2 amide bonds. The van der Waals surface area contributed by atoms with Crippen LogP contribution in [0.4, 0.5) is 18.9 Å². The molecule has 0 bridgehead atoms. The second kappa shape index (κ2) is 8.90. The second-order valence-corrected chi connectivity index (χ2v) is 6.25. The Balaban J connectivity index is 2.05. The zero-order valence-corrected chi connectivity index (χ0v) is 15.3. The third-order valence-electron chi connectivity index (χ3n) is 3.84. The van der Waals surface area contributed by atoms with E-state index in [0.29, 0.717) is 6.54 Å². The quantitative estimate of drug-likeness (QED) is 0.783. The van der Waals surface area contributed by atoms with Gasteiger partial charge in [0.05, 0.1) is 16.3 Å². The molecule has 2 rings (SSSR count). The van der Waals surface area contributed by atoms with Gasteiger partial charge in [-0.15, -0.1) is 0 Å². The Kier molecular flexibility index (Phi) is 6.85. The summed E-state index contributed by atoms with van der Waals surface area (Å²) in [5, 5.41) is 2.71. The van der Waals surface area contributed by atoms with Crippen molar-refractivity contribution >= 4 is 29.1 Å². The van der Waals surface area contributed by atoms with Gasteiger partial charge >= 0.3 is 6.18 Å². The van der Waals surface area contributed by atoms with E-state index in [4.69, 9.17) is 11.6 Å². The summed E-state index contributed by atoms with van der Waals surface area (Å²) < 4.78 is 38.8. The predicted octanol–water partition coefficient (Wildman–Crippen LogP) is 4.42. The second-order valence-electron chi connectivity index (χ2n) is 5.85. The van der Waals surface area contributed by atoms with Crippen LogP contribution in [-0.2, 0) is 22.3 Å². The van der Waals surface area contributed by atoms with Crippen LogP contribution in [-0.4, -0.2) is 18.4 Å². The molecule has 144 valence electrons. The smallest absolute Gasteiger partial charge is 0.352 e. The molecule has 0 saturated carbocycles. The molecule has 0 aliphatic heterocycles. The van der Waals surface area contributed by atoms with Crippen LogP contribution in [0.1, 0.15) is 24.5 Å². The van der Waals surface area contributed by atoms with E-state index in [1.807, 2.05) is 30.3 Å². The molecule has 0 aliphatic rings. The number of benzene rings is 2. The van der Waals surface area contributed by atoms with Gasteiger partial charge in [0.15, 0.2) is 0 Å². The lowest BCUT2D eigenvalue weighted by Gasteiger charge is -2.23. The summed E-state index contributed by atoms with van der Waals surface area (Å²) in [4.78, 5) is 25.0. The fourth-order valence-electron chi connectivity index (χ4n) is 2.44. The van der Waals surface area contributed by atoms with Crippen molar-refractivity contribution in [2.75, 3.05) is 11.4 Å². The molecule has 0 unspecified atom stereocenters. The summed E-state index contributed by atoms with van der Waals surface area (Å²) in [6.07, 6.45) is -4.63. The number of amides is 2. The highest BCUT2D eigenvalue weighted by atomic mass is 35.5. The Labute approximate surface area is 159 Å². The maximum atomic E-state index is 12.9. The molecule has 2 aromatic rings. The van der Waals surface area contributed by atoms with Gasteiger partial charge in [0.25, 0.3) is 0 Å². The Morgan fingerprint density at radius 3 is 2.37 bits per heavy atom. The van der Waals surface area contributed by atoms with Crippen LogP contribution >= 0.6 is 11.6 Å². The highest BCUT2D eigenvalue weighted by Crippen LogP contribution is 2.35. The number of carbonyl (C=O) groups excluding carboxylic acids is 2. The summed E-state index contributed by atoms with van der Waals surface area (Å²) in [5.41, 5.74) is -0.0771. The fraction of sp³-hybridized carbons (Fsp3) is 0.263. The Morgan fingerprint density at radius 1 is 1.11 bits per heavy atom. The molecular formula is C19H18ClF3N2O2. The van der Waals surface area contributed by atoms with Gasteiger partial charge in [0.2, 0.25) is 11.8 Å². The van der Waals surface area contributed by atoms with Gasteiger partial charge in [-0.3, -0.25) is 9.59 Å². The number of nitrogens with zero attached hydrogens (tertiary/aromatic N) is 1. The van der Waals surface area contributed by atoms with Gasteiger partial charge in [-0.2, -0.15) is 13.2 Å². The van der Waals surface area contributed by atoms with Crippen LogP contribution in [0, 0.1) is 0 Å². The molecule has 1 N–H and O–H groups in total. The number of carbonyl (C=O) groups is 2. The summed E-state index contributed by atoms with van der Waals surface area (Å²) >= 11 is 5.98. The average molecular weight is 399 g/mol. The largest absolute Gasteiger partial charge is 0.416 e. The number of hydrogen-bond donors (Lipinski definition) is 1. The van der Waals surface area contributed by atoms with Crippen LogP contribution in [0.25, 0.3) is 0 Å². The van der Waals surface area contributed by atoms with Gasteiger partial charge in [0, 0.05) is 26.4 Å². The summed E-state index contributed by atoms with van der Waals surface area (Å²) in [6.45, 7) is 1.44. The minimum absolute atomic E-state index is 0.00268. The van der Waals surface area contributed by atoms with Crippen LogP contribution in [0.2, 0.25) is 5.02 Å². The van der Waals surface area contributed by atoms with Crippen molar-refractivity contribution in [2.45, 2.75) is 26.1 Å². The minimum atomic E-state index is -4.56. The van der Waals surface area contributed by atoms with Crippen molar-refractivity contribution < 1.29 is 22.8 Å². The molecule has 0 aliphatic carbocycles. The van der Waals surface area contributed by atoms with E-state index in [1.165, 1.54) is 6.92 Å². The first-order valence-corrected chi connectivity index (χ1v) is 8.51. The van der Waals surface area contributed by atoms with Crippen LogP contribution in [0.3, 0.4) is 0 Å². The van der Waals surface area contributed by atoms with E-state index < -0.39 is 17.6 Å². The molecule has 0 radical (unpaired) electrons. The zero-order valence-electron chi connectivity index (χ0n) is 14.5. The van der Waals surface area contributed by atoms with Crippen molar-refractivity contribution in [1.82, 2.24) is 5.32 Å². The monoisotopic (exact) mass is 398 g/mol. The number of halogens is 4. The lowest BCUT2D eigenvalue weighted by molar-refractivity contribution is -0.137. The maximum Gasteiger partial charge on any atom is 0.416 e. The van der Waals surface area contributed by atoms with Crippen molar-refractivity contribution in [3.8, 4) is 0 Å². The van der Waals surface area contributed by atoms with E-state index >= 15 is 0 Å². The molecule has 2 aromatic carbocycles. The first-order valence-electron chi connectivity index (χ1n) is 8.14. The number of hydrogen-bond acceptors (Lipinski definition) is 2. The maximum absolute atomic E-state index is 12.9. The minimum Gasteiger partial charge on any atom is -0.352 e. The van der Waals surface area contributed by atoms with Gasteiger partial charge in [-0.05, 0) is 23.8 Å². The van der Waals surface area contributed by atoms with Gasteiger partial charge in [-0.1, -0.05) is 41.9 Å². The normalized spacial score (nSPS) is 11.1. The number of rotatable bonds is 6. The van der Waals surface area contributed by atoms with Crippen LogP contribution < -0.4 is 10.2 Å². The van der Waals surface area contributed by atoms with Crippen LogP contribution in [0.15, 0.2) is 48.5 Å². The standard InChI is InChI=1S/C19H18ClF3N2O2/c1-13(26)25(17-11-15(19(21,22)23)7-8-16(17)20)10-9-18(27)24-12-14-5-3-2-4-6-14/h2-8,11H,9-10,12H2,1H3,(H,24,27). The summed E-state index contributed by atoms with van der Waals surface area (Å²) in [6, 6.07) is 12.0. The van der Waals surface area contributed by atoms with E-state index in [1.54, 1.807) is 0 Å². The molecule has 8 heteroatoms. The number of alkyl halides is 3. The molecule has 0 aromatic heterocycles. The molecule has 0 fully saturated rings. The Hall–Kier alpha value is -2.54. The number of anilines is 1. The fourth-order valence-corrected chi connectivity index (χ4v) is 2.66. The van der Waals surface area contributed by atoms with Crippen molar-refractivity contribution in [1.29, 1.82) is 0 Å². The third-order valence-corrected chi connectivity index (χ3v) is 4.16. The SMILES string of the molecule is CC(=O)N(CCC(=O)NCc1ccccc1)c1cc(C(F)(F)F)ccc1Cl. The van der Waals surface area contributed by atoms with Gasteiger partial charge in [-0.25, -0.2) is 0 Å². The molecule has 0 atom stereocenters. The predicted molar refractivity (Wildman–Crippen MR) is 97.4 cm³/mol. The molecule has 0 heterocycles. The van der Waals surface area contributed by atoms with Crippen molar-refractivity contribution in [2.24, 2.45) is 0 Å². The lowest BCUT2D eigenvalue weighted by atomic mass is 10.1. The topological polar surface area (TPSA) is 49.4 Å². The number of nitrogens with one attached hydrogen (secondary N) is 1. The Bertz CT molecular complexity index is 810. The third kappa shape index (κ3) is 5.99. The van der Waals surface area contributed by atoms with Crippen molar-refractivity contribution in [3.63, 3.8) is 0 Å². The molecule has 4 nitrogen and oxygen atoms in total. The van der Waals surface area contributed by atoms with E-state index in [2.05, 4.69) is 5.32 Å². The lowest BCUT2D eigenvalue weighted by Crippen LogP contribution is -2.34. The highest BCUT2D eigenvalue weighted by Gasteiger charge is 2.32. The van der Waals surface area contributed by atoms with Crippen LogP contribution in [0.5, 0.6) is 0 Å². The van der Waals surface area contributed by atoms with Crippen molar-refractivity contribution in [3.05, 3.63) is 64.7 Å². The molecular weight excluding hydrogens is 381 g/mol. The van der Waals surface area contributed by atoms with E-state index in [9.17, 15) is 22.8 Å². The van der Waals surface area contributed by atoms with Gasteiger partial charge < -0.3 is 10.2 Å². The summed E-state index contributed by atoms with van der Waals surface area (Å²) in [5.74, 6) is -0.833. The van der Waals surface area contributed by atoms with Gasteiger partial charge in [0.1, 0.15) is 0 Å². The highest BCUT2D eigenvalue weighted by molar-refractivity contribution is 6.33. The van der Waals surface area contributed by atoms with E-state index in [-0.39, 0.29) is 29.6 Å². The average Bonchev–Trinajstić information content (AvgIpc) is 2.61. The Morgan fingerprint density at radius 2 is 1.78 bits per heavy atom. The first-order chi connectivity index (χ1) is 12.7. The molecule has 0 saturated heterocycles. The summed E-state index contributed by atoms with van der Waals surface area (Å²) in [7, 11) is 0. The zero-order chi connectivity index (χ0) is 20.0. The van der Waals surface area contributed by atoms with E-state index in [0.717, 1.165) is 28.7 Å². The molecule has 27 heavy (non-hydrogen) atoms. The molecule has 0 spiro atoms. The first kappa shape index (κ1) is 20.8.